The van der Waals surface area contributed by atoms with Gasteiger partial charge in [-0.15, -0.1) is 0 Å². The molecule has 0 atom stereocenters. The molecule has 8 nitrogen and oxygen atoms in total. The number of fused-ring (bicyclic) bond motifs is 1. The summed E-state index contributed by atoms with van der Waals surface area (Å²) in [4.78, 5) is 25.3. The second kappa shape index (κ2) is 8.31. The van der Waals surface area contributed by atoms with Gasteiger partial charge in [0.1, 0.15) is 0 Å². The van der Waals surface area contributed by atoms with Gasteiger partial charge < -0.3 is 24.1 Å². The number of ether oxygens (including phenoxy) is 1. The maximum absolute atomic E-state index is 12.6. The number of anilines is 1. The molecule has 1 fully saturated rings. The van der Waals surface area contributed by atoms with Crippen molar-refractivity contribution in [1.82, 2.24) is 9.88 Å². The minimum absolute atomic E-state index is 0.0772. The lowest BCUT2D eigenvalue weighted by atomic mass is 10.0. The molecule has 2 aliphatic heterocycles. The van der Waals surface area contributed by atoms with Crippen LogP contribution in [-0.2, 0) is 4.74 Å². The third-order valence-corrected chi connectivity index (χ3v) is 5.56. The molecule has 2 aliphatic rings. The summed E-state index contributed by atoms with van der Waals surface area (Å²) in [5, 5.41) is 10.9. The van der Waals surface area contributed by atoms with Gasteiger partial charge in [0.25, 0.3) is 0 Å². The molecule has 0 unspecified atom stereocenters. The number of hydrogen-bond donors (Lipinski definition) is 1. The Bertz CT molecular complexity index is 1000. The van der Waals surface area contributed by atoms with Gasteiger partial charge in [0, 0.05) is 42.7 Å². The number of hydrogen-bond acceptors (Lipinski definition) is 8. The third-order valence-electron chi connectivity index (χ3n) is 5.56. The van der Waals surface area contributed by atoms with Crippen LogP contribution in [0.25, 0.3) is 11.6 Å². The smallest absolute Gasteiger partial charge is 0.347 e. The molecule has 0 aliphatic carbocycles. The second-order valence-corrected chi connectivity index (χ2v) is 7.63. The first-order valence-electron chi connectivity index (χ1n) is 10.1. The van der Waals surface area contributed by atoms with E-state index in [1.165, 1.54) is 0 Å². The van der Waals surface area contributed by atoms with Crippen LogP contribution in [0.15, 0.2) is 27.7 Å². The number of carbonyl (C=O) groups excluding carboxylic acids is 1. The highest BCUT2D eigenvalue weighted by Gasteiger charge is 2.32. The summed E-state index contributed by atoms with van der Waals surface area (Å²) in [5.74, 6) is 0.385. The van der Waals surface area contributed by atoms with Crippen LogP contribution in [0.5, 0.6) is 5.75 Å². The standard InChI is InChI=1S/C22H26N4O4/c1-4-29-22(28)18-19(27)17(12-14-13-24-20-16(14)6-5-9-23-20)30-21(18)26-10-7-15(8-11-26)25(2)3/h5-6,9,12-13,15,27H,4,7-8,10-11H2,1-3H3. The number of allylic oxidation sites excluding steroid dienone is 1. The van der Waals surface area contributed by atoms with E-state index in [0.29, 0.717) is 17.7 Å². The Balaban J connectivity index is 1.70. The Morgan fingerprint density at radius 2 is 2.17 bits per heavy atom. The molecule has 0 radical (unpaired) electrons. The first kappa shape index (κ1) is 20.2. The van der Waals surface area contributed by atoms with E-state index in [2.05, 4.69) is 29.0 Å². The van der Waals surface area contributed by atoms with Gasteiger partial charge in [-0.25, -0.2) is 14.8 Å². The van der Waals surface area contributed by atoms with E-state index in [4.69, 9.17) is 9.15 Å². The zero-order chi connectivity index (χ0) is 21.3. The Labute approximate surface area is 175 Å². The van der Waals surface area contributed by atoms with Crippen molar-refractivity contribution in [3.05, 3.63) is 35.2 Å². The lowest BCUT2D eigenvalue weighted by Crippen LogP contribution is -2.42. The molecule has 0 spiro atoms. The van der Waals surface area contributed by atoms with Crippen LogP contribution in [0, 0.1) is 0 Å². The van der Waals surface area contributed by atoms with Crippen LogP contribution in [0.2, 0.25) is 0 Å². The van der Waals surface area contributed by atoms with Crippen LogP contribution < -0.4 is 4.90 Å². The van der Waals surface area contributed by atoms with E-state index < -0.39 is 5.97 Å². The largest absolute Gasteiger partial charge is 0.504 e. The molecule has 158 valence electrons. The molecule has 8 heteroatoms. The van der Waals surface area contributed by atoms with E-state index in [-0.39, 0.29) is 23.7 Å². The first-order chi connectivity index (χ1) is 14.5. The van der Waals surface area contributed by atoms with Crippen molar-refractivity contribution in [3.8, 4) is 5.75 Å². The number of aliphatic imine (C=N–C) groups is 1. The van der Waals surface area contributed by atoms with Gasteiger partial charge in [0.2, 0.25) is 5.88 Å². The fourth-order valence-corrected chi connectivity index (χ4v) is 3.90. The van der Waals surface area contributed by atoms with Crippen molar-refractivity contribution in [2.75, 3.05) is 38.7 Å². The molecule has 0 amide bonds. The zero-order valence-electron chi connectivity index (χ0n) is 17.5. The Kier molecular flexibility index (Phi) is 5.59. The highest BCUT2D eigenvalue weighted by molar-refractivity contribution is 6.21. The fourth-order valence-electron chi connectivity index (χ4n) is 3.90. The lowest BCUT2D eigenvalue weighted by Gasteiger charge is -2.35. The Morgan fingerprint density at radius 3 is 2.87 bits per heavy atom. The van der Waals surface area contributed by atoms with Crippen LogP contribution in [0.1, 0.15) is 41.4 Å². The quantitative estimate of drug-likeness (QED) is 0.756. The van der Waals surface area contributed by atoms with Gasteiger partial charge in [0.15, 0.2) is 22.9 Å². The Hall–Kier alpha value is -3.13. The molecule has 0 saturated carbocycles. The van der Waals surface area contributed by atoms with Crippen LogP contribution in [0.4, 0.5) is 11.7 Å². The first-order valence-corrected chi connectivity index (χ1v) is 10.1. The second-order valence-electron chi connectivity index (χ2n) is 7.63. The van der Waals surface area contributed by atoms with E-state index in [1.807, 2.05) is 17.0 Å². The number of aromatic nitrogens is 1. The number of rotatable bonds is 5. The summed E-state index contributed by atoms with van der Waals surface area (Å²) in [5.41, 5.74) is 1.68. The van der Waals surface area contributed by atoms with Crippen molar-refractivity contribution in [2.45, 2.75) is 25.8 Å². The highest BCUT2D eigenvalue weighted by atomic mass is 16.5. The summed E-state index contributed by atoms with van der Waals surface area (Å²) in [7, 11) is 4.15. The monoisotopic (exact) mass is 410 g/mol. The molecule has 1 saturated heterocycles. The predicted molar refractivity (Wildman–Crippen MR) is 116 cm³/mol. The number of piperidine rings is 1. The van der Waals surface area contributed by atoms with Gasteiger partial charge in [-0.1, -0.05) is 0 Å². The third kappa shape index (κ3) is 3.70. The van der Waals surface area contributed by atoms with Crippen molar-refractivity contribution in [2.24, 2.45) is 4.99 Å². The van der Waals surface area contributed by atoms with Gasteiger partial charge >= 0.3 is 5.97 Å². The average molecular weight is 410 g/mol. The van der Waals surface area contributed by atoms with E-state index >= 15 is 0 Å². The highest BCUT2D eigenvalue weighted by Crippen LogP contribution is 2.40. The number of furan rings is 1. The molecular formula is C22H26N4O4. The number of nitrogens with zero attached hydrogens (tertiary/aromatic N) is 4. The number of aromatic hydroxyl groups is 1. The van der Waals surface area contributed by atoms with E-state index in [0.717, 1.165) is 37.1 Å². The van der Waals surface area contributed by atoms with Crippen LogP contribution in [-0.4, -0.2) is 67.0 Å². The predicted octanol–water partition coefficient (Wildman–Crippen LogP) is 3.34. The SMILES string of the molecule is CCOC(=O)c1c(N2CCC(N(C)C)CC2)oc(C=C2C=Nc3ncccc32)c1O. The molecule has 0 aromatic carbocycles. The van der Waals surface area contributed by atoms with Crippen molar-refractivity contribution in [3.63, 3.8) is 0 Å². The van der Waals surface area contributed by atoms with Crippen LogP contribution >= 0.6 is 0 Å². The van der Waals surface area contributed by atoms with Crippen molar-refractivity contribution >= 4 is 35.5 Å². The lowest BCUT2D eigenvalue weighted by molar-refractivity contribution is 0.0523. The van der Waals surface area contributed by atoms with Gasteiger partial charge in [0.05, 0.1) is 6.61 Å². The minimum Gasteiger partial charge on any atom is -0.504 e. The maximum atomic E-state index is 12.6. The fraction of sp³-hybridized carbons (Fsp3) is 0.409. The summed E-state index contributed by atoms with van der Waals surface area (Å²) in [6.07, 6.45) is 6.92. The molecule has 2 aromatic rings. The minimum atomic E-state index is -0.588. The van der Waals surface area contributed by atoms with Crippen molar-refractivity contribution in [1.29, 1.82) is 0 Å². The summed E-state index contributed by atoms with van der Waals surface area (Å²) >= 11 is 0. The van der Waals surface area contributed by atoms with Crippen molar-refractivity contribution < 1.29 is 19.1 Å². The maximum Gasteiger partial charge on any atom is 0.347 e. The molecule has 4 heterocycles. The molecule has 4 rings (SSSR count). The molecular weight excluding hydrogens is 384 g/mol. The summed E-state index contributed by atoms with van der Waals surface area (Å²) in [6.45, 7) is 3.41. The summed E-state index contributed by atoms with van der Waals surface area (Å²) in [6, 6.07) is 4.21. The normalized spacial score (nSPS) is 17.7. The summed E-state index contributed by atoms with van der Waals surface area (Å²) < 4.78 is 11.2. The topological polar surface area (TPSA) is 91.4 Å². The Morgan fingerprint density at radius 1 is 1.40 bits per heavy atom. The number of pyridine rings is 1. The van der Waals surface area contributed by atoms with Gasteiger partial charge in [-0.05, 0) is 52.1 Å². The number of esters is 1. The molecule has 30 heavy (non-hydrogen) atoms. The van der Waals surface area contributed by atoms with Gasteiger partial charge in [-0.2, -0.15) is 0 Å². The van der Waals surface area contributed by atoms with Crippen LogP contribution in [0.3, 0.4) is 0 Å². The average Bonchev–Trinajstić information content (AvgIpc) is 3.30. The molecule has 2 aromatic heterocycles. The number of carbonyl (C=O) groups is 1. The van der Waals surface area contributed by atoms with E-state index in [9.17, 15) is 9.90 Å². The zero-order valence-corrected chi connectivity index (χ0v) is 17.5. The molecule has 0 bridgehead atoms. The van der Waals surface area contributed by atoms with Gasteiger partial charge in [-0.3, -0.25) is 0 Å². The van der Waals surface area contributed by atoms with E-state index in [1.54, 1.807) is 25.4 Å². The molecule has 1 N–H and O–H groups in total.